The van der Waals surface area contributed by atoms with E-state index in [0.717, 1.165) is 37.2 Å². The Hall–Kier alpha value is -2.90. The van der Waals surface area contributed by atoms with Crippen LogP contribution in [0.25, 0.3) is 0 Å². The van der Waals surface area contributed by atoms with E-state index in [2.05, 4.69) is 10.1 Å². The highest BCUT2D eigenvalue weighted by atomic mass is 19.1. The molecule has 1 aromatic carbocycles. The molecular weight excluding hydrogens is 399 g/mol. The summed E-state index contributed by atoms with van der Waals surface area (Å²) in [6.45, 7) is 5.91. The first kappa shape index (κ1) is 21.3. The summed E-state index contributed by atoms with van der Waals surface area (Å²) in [5, 5.41) is 4.16. The number of carbonyl (C=O) groups excluding carboxylic acids is 2. The average molecular weight is 429 g/mol. The fraction of sp³-hybridized carbons (Fsp3) is 0.522. The van der Waals surface area contributed by atoms with Crippen molar-refractivity contribution in [3.8, 4) is 0 Å². The summed E-state index contributed by atoms with van der Waals surface area (Å²) < 4.78 is 18.5. The van der Waals surface area contributed by atoms with Gasteiger partial charge in [-0.2, -0.15) is 0 Å². The highest BCUT2D eigenvalue weighted by Gasteiger charge is 2.29. The fourth-order valence-electron chi connectivity index (χ4n) is 4.37. The molecule has 166 valence electrons. The molecule has 2 amide bonds. The van der Waals surface area contributed by atoms with E-state index in [-0.39, 0.29) is 29.3 Å². The monoisotopic (exact) mass is 428 g/mol. The first-order valence-electron chi connectivity index (χ1n) is 11.1. The van der Waals surface area contributed by atoms with Gasteiger partial charge in [0, 0.05) is 63.4 Å². The van der Waals surface area contributed by atoms with E-state index in [4.69, 9.17) is 4.52 Å². The van der Waals surface area contributed by atoms with E-state index in [1.165, 1.54) is 12.1 Å². The van der Waals surface area contributed by atoms with Crippen molar-refractivity contribution in [1.82, 2.24) is 15.0 Å². The lowest BCUT2D eigenvalue weighted by molar-refractivity contribution is -0.132. The molecule has 3 heterocycles. The van der Waals surface area contributed by atoms with Crippen molar-refractivity contribution in [3.05, 3.63) is 47.6 Å². The number of piperazine rings is 1. The van der Waals surface area contributed by atoms with Crippen molar-refractivity contribution in [1.29, 1.82) is 0 Å². The van der Waals surface area contributed by atoms with Crippen LogP contribution in [-0.2, 0) is 4.79 Å². The molecule has 2 fully saturated rings. The van der Waals surface area contributed by atoms with Crippen molar-refractivity contribution in [3.63, 3.8) is 0 Å². The number of halogens is 1. The predicted octanol–water partition coefficient (Wildman–Crippen LogP) is 3.28. The number of nitrogens with zero attached hydrogens (tertiary/aromatic N) is 4. The Labute approximate surface area is 181 Å². The zero-order valence-corrected chi connectivity index (χ0v) is 17.9. The SMILES string of the molecule is CCCC(=O)N1CCCC(c2cc(C(=O)N3CCN(c4ccc(F)cc4)CC3)on2)C1. The largest absolute Gasteiger partial charge is 0.368 e. The van der Waals surface area contributed by atoms with E-state index in [0.29, 0.717) is 39.1 Å². The third-order valence-electron chi connectivity index (χ3n) is 6.15. The summed E-state index contributed by atoms with van der Waals surface area (Å²) in [5.74, 6) is 0.130. The van der Waals surface area contributed by atoms with E-state index < -0.39 is 0 Å². The Morgan fingerprint density at radius 1 is 1.10 bits per heavy atom. The van der Waals surface area contributed by atoms with Crippen LogP contribution in [0.4, 0.5) is 10.1 Å². The number of likely N-dealkylation sites (tertiary alicyclic amines) is 1. The summed E-state index contributed by atoms with van der Waals surface area (Å²) in [5.41, 5.74) is 1.71. The predicted molar refractivity (Wildman–Crippen MR) is 114 cm³/mol. The third kappa shape index (κ3) is 4.89. The zero-order valence-electron chi connectivity index (χ0n) is 17.9. The van der Waals surface area contributed by atoms with Gasteiger partial charge in [-0.15, -0.1) is 0 Å². The van der Waals surface area contributed by atoms with E-state index in [1.807, 2.05) is 11.8 Å². The Kier molecular flexibility index (Phi) is 6.53. The lowest BCUT2D eigenvalue weighted by Crippen LogP contribution is -2.48. The number of carbonyl (C=O) groups is 2. The molecule has 0 bridgehead atoms. The molecule has 0 spiro atoms. The molecule has 2 aliphatic rings. The molecule has 1 unspecified atom stereocenters. The van der Waals surface area contributed by atoms with Crippen molar-refractivity contribution in [2.24, 2.45) is 0 Å². The smallest absolute Gasteiger partial charge is 0.292 e. The van der Waals surface area contributed by atoms with Crippen LogP contribution < -0.4 is 4.90 Å². The van der Waals surface area contributed by atoms with Gasteiger partial charge in [-0.1, -0.05) is 12.1 Å². The van der Waals surface area contributed by atoms with Crippen LogP contribution in [-0.4, -0.2) is 66.0 Å². The molecule has 7 nitrogen and oxygen atoms in total. The van der Waals surface area contributed by atoms with Crippen molar-refractivity contribution in [2.75, 3.05) is 44.2 Å². The molecule has 2 saturated heterocycles. The quantitative estimate of drug-likeness (QED) is 0.731. The van der Waals surface area contributed by atoms with Crippen LogP contribution in [0.1, 0.15) is 54.8 Å². The topological polar surface area (TPSA) is 69.9 Å². The summed E-state index contributed by atoms with van der Waals surface area (Å²) in [6.07, 6.45) is 3.28. The molecule has 0 saturated carbocycles. The minimum atomic E-state index is -0.255. The van der Waals surface area contributed by atoms with Crippen LogP contribution >= 0.6 is 0 Å². The third-order valence-corrected chi connectivity index (χ3v) is 6.15. The molecule has 0 N–H and O–H groups in total. The number of rotatable bonds is 5. The lowest BCUT2D eigenvalue weighted by atomic mass is 9.94. The first-order valence-corrected chi connectivity index (χ1v) is 11.1. The second-order valence-corrected chi connectivity index (χ2v) is 8.30. The minimum absolute atomic E-state index is 0.107. The molecule has 1 atom stereocenters. The zero-order chi connectivity index (χ0) is 21.8. The van der Waals surface area contributed by atoms with Crippen LogP contribution in [0.3, 0.4) is 0 Å². The summed E-state index contributed by atoms with van der Waals surface area (Å²) in [6, 6.07) is 8.16. The van der Waals surface area contributed by atoms with Crippen LogP contribution in [0.5, 0.6) is 0 Å². The number of anilines is 1. The number of hydrogen-bond donors (Lipinski definition) is 0. The van der Waals surface area contributed by atoms with Gasteiger partial charge >= 0.3 is 0 Å². The van der Waals surface area contributed by atoms with Gasteiger partial charge in [0.05, 0.1) is 5.69 Å². The molecule has 31 heavy (non-hydrogen) atoms. The molecule has 0 aliphatic carbocycles. The number of piperidine rings is 1. The first-order chi connectivity index (χ1) is 15.0. The van der Waals surface area contributed by atoms with Crippen molar-refractivity contribution in [2.45, 2.75) is 38.5 Å². The van der Waals surface area contributed by atoms with Gasteiger partial charge < -0.3 is 19.2 Å². The second kappa shape index (κ2) is 9.49. The second-order valence-electron chi connectivity index (χ2n) is 8.30. The standard InChI is InChI=1S/C23H29FN4O3/c1-2-4-22(29)28-10-3-5-17(16-28)20-15-21(31-25-20)23(30)27-13-11-26(12-14-27)19-8-6-18(24)7-9-19/h6-9,15,17H,2-5,10-14,16H2,1H3. The Morgan fingerprint density at radius 2 is 1.84 bits per heavy atom. The van der Waals surface area contributed by atoms with Gasteiger partial charge in [0.2, 0.25) is 11.7 Å². The van der Waals surface area contributed by atoms with E-state index in [9.17, 15) is 14.0 Å². The van der Waals surface area contributed by atoms with Crippen LogP contribution in [0.15, 0.2) is 34.9 Å². The van der Waals surface area contributed by atoms with E-state index >= 15 is 0 Å². The maximum Gasteiger partial charge on any atom is 0.292 e. The van der Waals surface area contributed by atoms with Gasteiger partial charge in [-0.25, -0.2) is 4.39 Å². The molecular formula is C23H29FN4O3. The molecule has 0 radical (unpaired) electrons. The van der Waals surface area contributed by atoms with Crippen LogP contribution in [0, 0.1) is 5.82 Å². The number of aromatic nitrogens is 1. The Bertz CT molecular complexity index is 906. The van der Waals surface area contributed by atoms with Gasteiger partial charge in [0.15, 0.2) is 0 Å². The van der Waals surface area contributed by atoms with Crippen molar-refractivity contribution < 1.29 is 18.5 Å². The number of amides is 2. The lowest BCUT2D eigenvalue weighted by Gasteiger charge is -2.35. The molecule has 2 aliphatic heterocycles. The summed E-state index contributed by atoms with van der Waals surface area (Å²) >= 11 is 0. The fourth-order valence-corrected chi connectivity index (χ4v) is 4.37. The Balaban J connectivity index is 1.34. The normalized spacial score (nSPS) is 19.5. The maximum atomic E-state index is 13.1. The average Bonchev–Trinajstić information content (AvgIpc) is 3.30. The highest BCUT2D eigenvalue weighted by Crippen LogP contribution is 2.27. The van der Waals surface area contributed by atoms with Gasteiger partial charge in [-0.05, 0) is 43.5 Å². The number of benzene rings is 1. The number of hydrogen-bond acceptors (Lipinski definition) is 5. The molecule has 4 rings (SSSR count). The van der Waals surface area contributed by atoms with Gasteiger partial charge in [0.1, 0.15) is 5.82 Å². The molecule has 2 aromatic rings. The minimum Gasteiger partial charge on any atom is -0.368 e. The molecule has 8 heteroatoms. The maximum absolute atomic E-state index is 13.1. The van der Waals surface area contributed by atoms with E-state index in [1.54, 1.807) is 23.1 Å². The highest BCUT2D eigenvalue weighted by molar-refractivity contribution is 5.91. The van der Waals surface area contributed by atoms with Crippen LogP contribution in [0.2, 0.25) is 0 Å². The summed E-state index contributed by atoms with van der Waals surface area (Å²) in [7, 11) is 0. The van der Waals surface area contributed by atoms with Gasteiger partial charge in [-0.3, -0.25) is 9.59 Å². The van der Waals surface area contributed by atoms with Gasteiger partial charge in [0.25, 0.3) is 5.91 Å². The molecule has 1 aromatic heterocycles. The Morgan fingerprint density at radius 3 is 2.55 bits per heavy atom. The summed E-state index contributed by atoms with van der Waals surface area (Å²) in [4.78, 5) is 30.9. The van der Waals surface area contributed by atoms with Crippen molar-refractivity contribution >= 4 is 17.5 Å².